The van der Waals surface area contributed by atoms with E-state index in [9.17, 15) is 22.7 Å². The van der Waals surface area contributed by atoms with Gasteiger partial charge in [0, 0.05) is 13.0 Å². The van der Waals surface area contributed by atoms with Gasteiger partial charge in [-0.25, -0.2) is 12.8 Å². The van der Waals surface area contributed by atoms with Crippen LogP contribution in [-0.4, -0.2) is 47.6 Å². The van der Waals surface area contributed by atoms with E-state index in [1.165, 1.54) is 12.1 Å². The van der Waals surface area contributed by atoms with E-state index >= 15 is 0 Å². The first kappa shape index (κ1) is 15.2. The molecule has 1 saturated heterocycles. The molecule has 0 bridgehead atoms. The van der Waals surface area contributed by atoms with Gasteiger partial charge >= 0.3 is 5.97 Å². The Morgan fingerprint density at radius 1 is 1.45 bits per heavy atom. The van der Waals surface area contributed by atoms with Gasteiger partial charge in [0.05, 0.1) is 11.1 Å². The number of hydrogen-bond acceptors (Lipinski definition) is 4. The number of aliphatic carboxylic acids is 1. The van der Waals surface area contributed by atoms with Crippen LogP contribution in [0.4, 0.5) is 4.39 Å². The first-order valence-corrected chi connectivity index (χ1v) is 7.43. The summed E-state index contributed by atoms with van der Waals surface area (Å²) in [4.78, 5) is 10.3. The summed E-state index contributed by atoms with van der Waals surface area (Å²) in [5, 5.41) is 18.1. The molecule has 1 heterocycles. The van der Waals surface area contributed by atoms with Crippen LogP contribution >= 0.6 is 11.6 Å². The van der Waals surface area contributed by atoms with Crippen molar-refractivity contribution < 1.29 is 27.8 Å². The fraction of sp³-hybridized carbons (Fsp3) is 0.364. The normalized spacial score (nSPS) is 23.9. The highest BCUT2D eigenvalue weighted by atomic mass is 35.5. The molecular formula is C11H11ClFNO5S. The Balaban J connectivity index is 2.49. The van der Waals surface area contributed by atoms with Crippen molar-refractivity contribution in [1.29, 1.82) is 0 Å². The zero-order chi connectivity index (χ0) is 15.1. The molecule has 0 amide bonds. The van der Waals surface area contributed by atoms with Crippen LogP contribution in [-0.2, 0) is 14.8 Å². The smallest absolute Gasteiger partial charge is 0.322 e. The lowest BCUT2D eigenvalue weighted by Crippen LogP contribution is -2.40. The summed E-state index contributed by atoms with van der Waals surface area (Å²) in [6.45, 7) is -0.398. The van der Waals surface area contributed by atoms with Gasteiger partial charge in [-0.1, -0.05) is 17.7 Å². The molecule has 20 heavy (non-hydrogen) atoms. The zero-order valence-electron chi connectivity index (χ0n) is 10.0. The van der Waals surface area contributed by atoms with Gasteiger partial charge in [-0.15, -0.1) is 0 Å². The van der Waals surface area contributed by atoms with Crippen LogP contribution in [0, 0.1) is 5.82 Å². The van der Waals surface area contributed by atoms with Gasteiger partial charge in [-0.2, -0.15) is 4.31 Å². The van der Waals surface area contributed by atoms with Gasteiger partial charge in [0.2, 0.25) is 10.0 Å². The molecule has 9 heteroatoms. The van der Waals surface area contributed by atoms with Gasteiger partial charge in [-0.05, 0) is 12.1 Å². The average Bonchev–Trinajstić information content (AvgIpc) is 2.75. The van der Waals surface area contributed by atoms with Crippen LogP contribution in [0.5, 0.6) is 0 Å². The highest BCUT2D eigenvalue weighted by Crippen LogP contribution is 2.30. The predicted octanol–water partition coefficient (Wildman–Crippen LogP) is 0.688. The number of carboxylic acids is 1. The lowest BCUT2D eigenvalue weighted by Gasteiger charge is -2.21. The second-order valence-electron chi connectivity index (χ2n) is 4.37. The summed E-state index contributed by atoms with van der Waals surface area (Å²) in [5.41, 5.74) is 0. The first-order chi connectivity index (χ1) is 9.25. The summed E-state index contributed by atoms with van der Waals surface area (Å²) in [6, 6.07) is 2.01. The lowest BCUT2D eigenvalue weighted by atomic mass is 10.2. The quantitative estimate of drug-likeness (QED) is 0.853. The summed E-state index contributed by atoms with van der Waals surface area (Å²) >= 11 is 5.53. The van der Waals surface area contributed by atoms with Crippen LogP contribution in [0.2, 0.25) is 5.02 Å². The SMILES string of the molecule is O=C(O)[C@@H]1C[C@H](O)CN1S(=O)(=O)c1cccc(Cl)c1F. The Morgan fingerprint density at radius 3 is 2.70 bits per heavy atom. The maximum Gasteiger partial charge on any atom is 0.322 e. The monoisotopic (exact) mass is 323 g/mol. The minimum absolute atomic E-state index is 0.239. The molecule has 1 fully saturated rings. The molecule has 1 aliphatic rings. The molecule has 0 spiro atoms. The second kappa shape index (κ2) is 5.28. The number of benzene rings is 1. The van der Waals surface area contributed by atoms with E-state index in [4.69, 9.17) is 16.7 Å². The molecular weight excluding hydrogens is 313 g/mol. The predicted molar refractivity (Wildman–Crippen MR) is 67.3 cm³/mol. The molecule has 0 saturated carbocycles. The number of rotatable bonds is 3. The van der Waals surface area contributed by atoms with E-state index < -0.39 is 45.4 Å². The number of sulfonamides is 1. The van der Waals surface area contributed by atoms with E-state index in [1.807, 2.05) is 0 Å². The van der Waals surface area contributed by atoms with Crippen molar-refractivity contribution in [3.63, 3.8) is 0 Å². The van der Waals surface area contributed by atoms with Gasteiger partial charge in [0.25, 0.3) is 0 Å². The maximum atomic E-state index is 13.8. The van der Waals surface area contributed by atoms with Crippen LogP contribution in [0.1, 0.15) is 6.42 Å². The fourth-order valence-corrected chi connectivity index (χ4v) is 4.03. The molecule has 110 valence electrons. The summed E-state index contributed by atoms with van der Waals surface area (Å²) in [7, 11) is -4.39. The summed E-state index contributed by atoms with van der Waals surface area (Å²) in [6.07, 6.45) is -1.34. The molecule has 6 nitrogen and oxygen atoms in total. The summed E-state index contributed by atoms with van der Waals surface area (Å²) in [5.74, 6) is -2.53. The Labute approximate surface area is 119 Å². The molecule has 0 aromatic heterocycles. The second-order valence-corrected chi connectivity index (χ2v) is 6.64. The van der Waals surface area contributed by atoms with E-state index in [-0.39, 0.29) is 11.4 Å². The van der Waals surface area contributed by atoms with Gasteiger partial charge in [-0.3, -0.25) is 4.79 Å². The van der Waals surface area contributed by atoms with Crippen LogP contribution in [0.25, 0.3) is 0 Å². The van der Waals surface area contributed by atoms with Crippen LogP contribution in [0.3, 0.4) is 0 Å². The van der Waals surface area contributed by atoms with Crippen molar-refractivity contribution in [3.05, 3.63) is 29.0 Å². The Hall–Kier alpha value is -1.22. The molecule has 1 aliphatic heterocycles. The average molecular weight is 324 g/mol. The lowest BCUT2D eigenvalue weighted by molar-refractivity contribution is -0.140. The van der Waals surface area contributed by atoms with Crippen molar-refractivity contribution in [2.24, 2.45) is 0 Å². The van der Waals surface area contributed by atoms with Gasteiger partial charge in [0.1, 0.15) is 10.9 Å². The Morgan fingerprint density at radius 2 is 2.10 bits per heavy atom. The van der Waals surface area contributed by atoms with Crippen molar-refractivity contribution in [1.82, 2.24) is 4.31 Å². The highest BCUT2D eigenvalue weighted by molar-refractivity contribution is 7.89. The van der Waals surface area contributed by atoms with Crippen LogP contribution < -0.4 is 0 Å². The first-order valence-electron chi connectivity index (χ1n) is 5.62. The number of nitrogens with zero attached hydrogens (tertiary/aromatic N) is 1. The Kier molecular flexibility index (Phi) is 4.01. The van der Waals surface area contributed by atoms with Crippen molar-refractivity contribution in [2.75, 3.05) is 6.54 Å². The maximum absolute atomic E-state index is 13.8. The molecule has 2 N–H and O–H groups in total. The molecule has 2 atom stereocenters. The molecule has 1 aromatic carbocycles. The van der Waals surface area contributed by atoms with Crippen molar-refractivity contribution in [3.8, 4) is 0 Å². The molecule has 0 radical (unpaired) electrons. The zero-order valence-corrected chi connectivity index (χ0v) is 11.6. The number of hydrogen-bond donors (Lipinski definition) is 2. The topological polar surface area (TPSA) is 94.9 Å². The van der Waals surface area contributed by atoms with Crippen molar-refractivity contribution in [2.45, 2.75) is 23.5 Å². The van der Waals surface area contributed by atoms with Crippen molar-refractivity contribution >= 4 is 27.6 Å². The molecule has 1 aromatic rings. The number of carboxylic acid groups (broad SMARTS) is 1. The third-order valence-corrected chi connectivity index (χ3v) is 5.21. The number of aliphatic hydroxyl groups excluding tert-OH is 1. The molecule has 2 rings (SSSR count). The third kappa shape index (κ3) is 2.51. The third-order valence-electron chi connectivity index (χ3n) is 3.02. The van der Waals surface area contributed by atoms with E-state index in [1.54, 1.807) is 0 Å². The Bertz CT molecular complexity index is 650. The van der Waals surface area contributed by atoms with Gasteiger partial charge in [0.15, 0.2) is 5.82 Å². The number of aliphatic hydroxyl groups is 1. The largest absolute Gasteiger partial charge is 0.480 e. The van der Waals surface area contributed by atoms with E-state index in [2.05, 4.69) is 0 Å². The number of halogens is 2. The van der Waals surface area contributed by atoms with Crippen LogP contribution in [0.15, 0.2) is 23.1 Å². The highest BCUT2D eigenvalue weighted by Gasteiger charge is 2.44. The van der Waals surface area contributed by atoms with Gasteiger partial charge < -0.3 is 10.2 Å². The fourth-order valence-electron chi connectivity index (χ4n) is 2.08. The van der Waals surface area contributed by atoms with E-state index in [0.717, 1.165) is 6.07 Å². The number of carbonyl (C=O) groups is 1. The minimum atomic E-state index is -4.39. The standard InChI is InChI=1S/C11H11ClFNO5S/c12-7-2-1-3-9(10(7)13)20(18,19)14-5-6(15)4-8(14)11(16)17/h1-3,6,8,15H,4-5H2,(H,16,17)/t6-,8-/m0/s1. The number of β-amino-alcohol motifs (C(OH)–C–C–N with tert-alkyl or cyclic N) is 1. The molecule has 0 aliphatic carbocycles. The summed E-state index contributed by atoms with van der Waals surface area (Å²) < 4.78 is 39.0. The van der Waals surface area contributed by atoms with E-state index in [0.29, 0.717) is 4.31 Å². The minimum Gasteiger partial charge on any atom is -0.480 e. The molecule has 0 unspecified atom stereocenters.